The number of hydrogen-bond donors (Lipinski definition) is 2. The van der Waals surface area contributed by atoms with Gasteiger partial charge in [-0.05, 0) is 32.0 Å². The summed E-state index contributed by atoms with van der Waals surface area (Å²) in [6.45, 7) is 3.01. The minimum Gasteiger partial charge on any atom is -0.462 e. The highest BCUT2D eigenvalue weighted by molar-refractivity contribution is 7.15. The monoisotopic (exact) mass is 337 g/mol. The van der Waals surface area contributed by atoms with Crippen molar-refractivity contribution >= 4 is 42.1 Å². The van der Waals surface area contributed by atoms with E-state index in [1.807, 2.05) is 13.0 Å². The first kappa shape index (κ1) is 18.9. The van der Waals surface area contributed by atoms with E-state index >= 15 is 0 Å². The maximum absolute atomic E-state index is 11.9. The molecule has 8 heteroatoms. The van der Waals surface area contributed by atoms with Crippen molar-refractivity contribution < 1.29 is 9.21 Å². The SMILES string of the molecule is Cc1sc(-c2ccco2)nc1C(=O)NCCCN.Cl.Cl. The topological polar surface area (TPSA) is 81.2 Å². The van der Waals surface area contributed by atoms with E-state index in [9.17, 15) is 4.79 Å². The van der Waals surface area contributed by atoms with Crippen molar-refractivity contribution in [2.24, 2.45) is 5.73 Å². The molecule has 0 unspecified atom stereocenters. The number of aryl methyl sites for hydroxylation is 1. The molecule has 112 valence electrons. The normalized spacial score (nSPS) is 9.50. The van der Waals surface area contributed by atoms with Crippen molar-refractivity contribution in [2.45, 2.75) is 13.3 Å². The van der Waals surface area contributed by atoms with Gasteiger partial charge in [0, 0.05) is 11.4 Å². The molecule has 2 aromatic heterocycles. The van der Waals surface area contributed by atoms with Gasteiger partial charge in [0.25, 0.3) is 5.91 Å². The van der Waals surface area contributed by atoms with Crippen LogP contribution in [0.25, 0.3) is 10.8 Å². The number of halogens is 2. The second-order valence-electron chi connectivity index (χ2n) is 3.80. The molecule has 20 heavy (non-hydrogen) atoms. The number of carbonyl (C=O) groups is 1. The van der Waals surface area contributed by atoms with E-state index in [0.717, 1.165) is 16.3 Å². The molecule has 0 aliphatic rings. The Morgan fingerprint density at radius 1 is 1.50 bits per heavy atom. The molecule has 0 atom stereocenters. The Morgan fingerprint density at radius 3 is 2.85 bits per heavy atom. The van der Waals surface area contributed by atoms with Crippen molar-refractivity contribution in [1.29, 1.82) is 0 Å². The molecule has 3 N–H and O–H groups in total. The van der Waals surface area contributed by atoms with Crippen LogP contribution >= 0.6 is 36.2 Å². The minimum atomic E-state index is -0.157. The lowest BCUT2D eigenvalue weighted by atomic mass is 10.3. The molecular formula is C12H17Cl2N3O2S. The average Bonchev–Trinajstić information content (AvgIpc) is 2.97. The summed E-state index contributed by atoms with van der Waals surface area (Å²) in [6, 6.07) is 3.63. The quantitative estimate of drug-likeness (QED) is 0.821. The van der Waals surface area contributed by atoms with Crippen LogP contribution in [0.3, 0.4) is 0 Å². The van der Waals surface area contributed by atoms with E-state index in [1.54, 1.807) is 12.3 Å². The van der Waals surface area contributed by atoms with Gasteiger partial charge in [0.2, 0.25) is 0 Å². The summed E-state index contributed by atoms with van der Waals surface area (Å²) in [5, 5.41) is 3.52. The predicted octanol–water partition coefficient (Wildman–Crippen LogP) is 2.63. The Balaban J connectivity index is 0.00000180. The van der Waals surface area contributed by atoms with Crippen LogP contribution in [-0.4, -0.2) is 24.0 Å². The molecule has 0 aliphatic carbocycles. The number of nitrogens with two attached hydrogens (primary N) is 1. The van der Waals surface area contributed by atoms with Crippen LogP contribution in [-0.2, 0) is 0 Å². The average molecular weight is 338 g/mol. The molecule has 0 fully saturated rings. The van der Waals surface area contributed by atoms with Crippen LogP contribution in [0.15, 0.2) is 22.8 Å². The van der Waals surface area contributed by atoms with Gasteiger partial charge in [0.1, 0.15) is 5.69 Å². The molecule has 0 saturated carbocycles. The van der Waals surface area contributed by atoms with E-state index in [2.05, 4.69) is 10.3 Å². The van der Waals surface area contributed by atoms with Gasteiger partial charge < -0.3 is 15.5 Å². The molecule has 0 spiro atoms. The van der Waals surface area contributed by atoms with Crippen LogP contribution in [0.1, 0.15) is 21.8 Å². The zero-order valence-corrected chi connectivity index (χ0v) is 13.4. The van der Waals surface area contributed by atoms with Gasteiger partial charge in [-0.2, -0.15) is 0 Å². The molecule has 1 amide bonds. The zero-order chi connectivity index (χ0) is 13.0. The molecule has 0 radical (unpaired) electrons. The van der Waals surface area contributed by atoms with Gasteiger partial charge in [0.05, 0.1) is 6.26 Å². The lowest BCUT2D eigenvalue weighted by Crippen LogP contribution is -2.26. The lowest BCUT2D eigenvalue weighted by Gasteiger charge is -2.01. The molecule has 0 aromatic carbocycles. The largest absolute Gasteiger partial charge is 0.462 e. The Morgan fingerprint density at radius 2 is 2.25 bits per heavy atom. The van der Waals surface area contributed by atoms with E-state index in [1.165, 1.54) is 11.3 Å². The molecule has 0 saturated heterocycles. The fourth-order valence-electron chi connectivity index (χ4n) is 1.50. The van der Waals surface area contributed by atoms with Crippen LogP contribution in [0.5, 0.6) is 0 Å². The number of hydrogen-bond acceptors (Lipinski definition) is 5. The smallest absolute Gasteiger partial charge is 0.271 e. The number of nitrogens with zero attached hydrogens (tertiary/aromatic N) is 1. The summed E-state index contributed by atoms with van der Waals surface area (Å²) >= 11 is 1.45. The number of rotatable bonds is 5. The van der Waals surface area contributed by atoms with Crippen LogP contribution < -0.4 is 11.1 Å². The summed E-state index contributed by atoms with van der Waals surface area (Å²) in [5.74, 6) is 0.527. The van der Waals surface area contributed by atoms with Gasteiger partial charge in [-0.1, -0.05) is 0 Å². The van der Waals surface area contributed by atoms with Crippen molar-refractivity contribution in [3.05, 3.63) is 29.0 Å². The molecule has 2 aromatic rings. The van der Waals surface area contributed by atoms with Crippen LogP contribution in [0, 0.1) is 6.92 Å². The number of thiazole rings is 1. The molecule has 5 nitrogen and oxygen atoms in total. The molecule has 2 heterocycles. The summed E-state index contributed by atoms with van der Waals surface area (Å²) in [6.07, 6.45) is 2.35. The third-order valence-electron chi connectivity index (χ3n) is 2.41. The first-order valence-electron chi connectivity index (χ1n) is 5.72. The van der Waals surface area contributed by atoms with Crippen LogP contribution in [0.2, 0.25) is 0 Å². The first-order chi connectivity index (χ1) is 8.72. The first-order valence-corrected chi connectivity index (χ1v) is 6.53. The number of carbonyl (C=O) groups excluding carboxylic acids is 1. The third-order valence-corrected chi connectivity index (χ3v) is 3.40. The van der Waals surface area contributed by atoms with Crippen LogP contribution in [0.4, 0.5) is 0 Å². The Kier molecular flexibility index (Phi) is 8.48. The van der Waals surface area contributed by atoms with Gasteiger partial charge >= 0.3 is 0 Å². The van der Waals surface area contributed by atoms with E-state index in [4.69, 9.17) is 10.2 Å². The molecule has 0 aliphatic heterocycles. The number of aromatic nitrogens is 1. The van der Waals surface area contributed by atoms with Crippen molar-refractivity contribution in [2.75, 3.05) is 13.1 Å². The highest BCUT2D eigenvalue weighted by Crippen LogP contribution is 2.27. The minimum absolute atomic E-state index is 0. The summed E-state index contributed by atoms with van der Waals surface area (Å²) < 4.78 is 5.27. The molecular weight excluding hydrogens is 321 g/mol. The summed E-state index contributed by atoms with van der Waals surface area (Å²) in [4.78, 5) is 17.1. The third kappa shape index (κ3) is 4.49. The number of amides is 1. The van der Waals surface area contributed by atoms with E-state index in [-0.39, 0.29) is 30.7 Å². The lowest BCUT2D eigenvalue weighted by molar-refractivity contribution is 0.0948. The van der Waals surface area contributed by atoms with Gasteiger partial charge in [-0.15, -0.1) is 36.2 Å². The predicted molar refractivity (Wildman–Crippen MR) is 85.1 cm³/mol. The highest BCUT2D eigenvalue weighted by atomic mass is 35.5. The molecule has 2 rings (SSSR count). The van der Waals surface area contributed by atoms with Crippen molar-refractivity contribution in [1.82, 2.24) is 10.3 Å². The number of furan rings is 1. The van der Waals surface area contributed by atoms with Gasteiger partial charge in [-0.3, -0.25) is 4.79 Å². The van der Waals surface area contributed by atoms with Gasteiger partial charge in [0.15, 0.2) is 10.8 Å². The highest BCUT2D eigenvalue weighted by Gasteiger charge is 2.16. The Labute approximate surface area is 133 Å². The van der Waals surface area contributed by atoms with Gasteiger partial charge in [-0.25, -0.2) is 4.98 Å². The maximum Gasteiger partial charge on any atom is 0.271 e. The summed E-state index contributed by atoms with van der Waals surface area (Å²) in [7, 11) is 0. The Bertz CT molecular complexity index is 529. The zero-order valence-electron chi connectivity index (χ0n) is 10.9. The van der Waals surface area contributed by atoms with Crippen molar-refractivity contribution in [3.8, 4) is 10.8 Å². The molecule has 0 bridgehead atoms. The Hall–Kier alpha value is -1.08. The fourth-order valence-corrected chi connectivity index (χ4v) is 2.38. The second-order valence-corrected chi connectivity index (χ2v) is 5.00. The van der Waals surface area contributed by atoms with E-state index in [0.29, 0.717) is 24.5 Å². The summed E-state index contributed by atoms with van der Waals surface area (Å²) in [5.41, 5.74) is 5.84. The fraction of sp³-hybridized carbons (Fsp3) is 0.333. The standard InChI is InChI=1S/C12H15N3O2S.2ClH/c1-8-10(11(16)14-6-3-5-13)15-12(18-8)9-4-2-7-17-9;;/h2,4,7H,3,5-6,13H2,1H3,(H,14,16);2*1H. The van der Waals surface area contributed by atoms with E-state index < -0.39 is 0 Å². The second kappa shape index (κ2) is 8.97. The maximum atomic E-state index is 11.9. The van der Waals surface area contributed by atoms with Crippen molar-refractivity contribution in [3.63, 3.8) is 0 Å². The number of nitrogens with one attached hydrogen (secondary N) is 1.